The van der Waals surface area contributed by atoms with Gasteiger partial charge in [0.05, 0.1) is 5.56 Å². The molecular weight excluding hydrogens is 415 g/mol. The number of anilines is 1. The lowest BCUT2D eigenvalue weighted by molar-refractivity contribution is -0.138. The topological polar surface area (TPSA) is 97.5 Å². The fourth-order valence-electron chi connectivity index (χ4n) is 2.89. The highest BCUT2D eigenvalue weighted by molar-refractivity contribution is 5.85. The summed E-state index contributed by atoms with van der Waals surface area (Å²) in [5.74, 6) is -0.549. The van der Waals surface area contributed by atoms with E-state index in [0.717, 1.165) is 6.07 Å². The third-order valence-corrected chi connectivity index (χ3v) is 4.30. The summed E-state index contributed by atoms with van der Waals surface area (Å²) < 4.78 is 50.5. The molecule has 4 rings (SSSR count). The minimum atomic E-state index is -4.46. The molecule has 0 amide bonds. The van der Waals surface area contributed by atoms with E-state index in [0.29, 0.717) is 16.8 Å². The van der Waals surface area contributed by atoms with Crippen LogP contribution in [0.3, 0.4) is 0 Å². The van der Waals surface area contributed by atoms with Gasteiger partial charge in [0.2, 0.25) is 0 Å². The number of hydrogen-bond acceptors (Lipinski definition) is 6. The van der Waals surface area contributed by atoms with Crippen molar-refractivity contribution in [3.05, 3.63) is 77.6 Å². The molecular formula is C21H14F3N3O4. The Morgan fingerprint density at radius 3 is 2.65 bits per heavy atom. The van der Waals surface area contributed by atoms with Crippen LogP contribution in [0.15, 0.2) is 65.2 Å². The molecule has 2 aromatic heterocycles. The average molecular weight is 429 g/mol. The largest absolute Gasteiger partial charge is 0.477 e. The molecule has 2 heterocycles. The van der Waals surface area contributed by atoms with Gasteiger partial charge in [0.25, 0.3) is 6.01 Å². The second-order valence-electron chi connectivity index (χ2n) is 6.44. The number of oxazole rings is 1. The van der Waals surface area contributed by atoms with Crippen molar-refractivity contribution < 1.29 is 32.2 Å². The number of rotatable bonds is 6. The van der Waals surface area contributed by atoms with Crippen LogP contribution in [0.2, 0.25) is 0 Å². The van der Waals surface area contributed by atoms with Crippen molar-refractivity contribution in [3.63, 3.8) is 0 Å². The molecule has 7 nitrogen and oxygen atoms in total. The minimum absolute atomic E-state index is 0.0567. The van der Waals surface area contributed by atoms with Crippen LogP contribution in [-0.2, 0) is 12.7 Å². The number of halogens is 3. The van der Waals surface area contributed by atoms with E-state index in [2.05, 4.69) is 15.3 Å². The normalized spacial score (nSPS) is 11.5. The van der Waals surface area contributed by atoms with Gasteiger partial charge < -0.3 is 19.6 Å². The molecule has 0 radical (unpaired) electrons. The molecule has 158 valence electrons. The van der Waals surface area contributed by atoms with E-state index in [4.69, 9.17) is 14.3 Å². The molecule has 0 aliphatic rings. The predicted octanol–water partition coefficient (Wildman–Crippen LogP) is 5.34. The highest BCUT2D eigenvalue weighted by atomic mass is 19.4. The maximum absolute atomic E-state index is 13.1. The number of ether oxygens (including phenoxy) is 1. The van der Waals surface area contributed by atoms with Gasteiger partial charge >= 0.3 is 12.1 Å². The van der Waals surface area contributed by atoms with Crippen molar-refractivity contribution >= 4 is 23.1 Å². The Kier molecular flexibility index (Phi) is 5.20. The minimum Gasteiger partial charge on any atom is -0.477 e. The molecule has 0 unspecified atom stereocenters. The van der Waals surface area contributed by atoms with Crippen LogP contribution in [-0.4, -0.2) is 21.0 Å². The van der Waals surface area contributed by atoms with Gasteiger partial charge in [0.15, 0.2) is 11.3 Å². The summed E-state index contributed by atoms with van der Waals surface area (Å²) in [5, 5.41) is 11.8. The number of nitrogens with one attached hydrogen (secondary N) is 1. The first-order valence-corrected chi connectivity index (χ1v) is 8.96. The second-order valence-corrected chi connectivity index (χ2v) is 6.44. The molecule has 2 aromatic carbocycles. The summed E-state index contributed by atoms with van der Waals surface area (Å²) in [6, 6.07) is 12.8. The number of alkyl halides is 3. The number of carboxylic acid groups (broad SMARTS) is 1. The SMILES string of the molecule is O=C(O)c1cc(Oc2ccc3nc(NCc4ccccc4C(F)(F)F)oc3c2)ccn1. The average Bonchev–Trinajstić information content (AvgIpc) is 3.14. The van der Waals surface area contributed by atoms with Gasteiger partial charge in [0, 0.05) is 24.9 Å². The highest BCUT2D eigenvalue weighted by Crippen LogP contribution is 2.32. The van der Waals surface area contributed by atoms with Crippen molar-refractivity contribution in [1.29, 1.82) is 0 Å². The van der Waals surface area contributed by atoms with Crippen LogP contribution in [0.1, 0.15) is 21.6 Å². The van der Waals surface area contributed by atoms with Crippen molar-refractivity contribution in [2.24, 2.45) is 0 Å². The van der Waals surface area contributed by atoms with Crippen LogP contribution in [0, 0.1) is 0 Å². The van der Waals surface area contributed by atoms with Crippen molar-refractivity contribution in [3.8, 4) is 11.5 Å². The lowest BCUT2D eigenvalue weighted by Gasteiger charge is -2.12. The molecule has 0 aliphatic heterocycles. The summed E-state index contributed by atoms with van der Waals surface area (Å²) >= 11 is 0. The molecule has 4 aromatic rings. The Bertz CT molecular complexity index is 1250. The first kappa shape index (κ1) is 20.2. The van der Waals surface area contributed by atoms with E-state index in [1.54, 1.807) is 12.1 Å². The molecule has 0 saturated carbocycles. The van der Waals surface area contributed by atoms with Gasteiger partial charge in [-0.05, 0) is 29.8 Å². The molecule has 31 heavy (non-hydrogen) atoms. The molecule has 10 heteroatoms. The maximum Gasteiger partial charge on any atom is 0.416 e. The van der Waals surface area contributed by atoms with E-state index in [9.17, 15) is 18.0 Å². The van der Waals surface area contributed by atoms with Crippen LogP contribution in [0.25, 0.3) is 11.1 Å². The lowest BCUT2D eigenvalue weighted by atomic mass is 10.1. The quantitative estimate of drug-likeness (QED) is 0.427. The first-order valence-electron chi connectivity index (χ1n) is 8.96. The number of fused-ring (bicyclic) bond motifs is 1. The third-order valence-electron chi connectivity index (χ3n) is 4.30. The number of benzene rings is 2. The lowest BCUT2D eigenvalue weighted by Crippen LogP contribution is -2.11. The van der Waals surface area contributed by atoms with Crippen LogP contribution < -0.4 is 10.1 Å². The number of aromatic nitrogens is 2. The zero-order valence-corrected chi connectivity index (χ0v) is 15.7. The van der Waals surface area contributed by atoms with Crippen LogP contribution in [0.5, 0.6) is 11.5 Å². The number of nitrogens with zero attached hydrogens (tertiary/aromatic N) is 2. The van der Waals surface area contributed by atoms with E-state index in [-0.39, 0.29) is 29.6 Å². The van der Waals surface area contributed by atoms with E-state index in [1.165, 1.54) is 42.6 Å². The Morgan fingerprint density at radius 2 is 1.87 bits per heavy atom. The summed E-state index contributed by atoms with van der Waals surface area (Å²) in [6.45, 7) is -0.124. The van der Waals surface area contributed by atoms with Crippen molar-refractivity contribution in [1.82, 2.24) is 9.97 Å². The van der Waals surface area contributed by atoms with Crippen molar-refractivity contribution in [2.45, 2.75) is 12.7 Å². The number of hydrogen-bond donors (Lipinski definition) is 2. The highest BCUT2D eigenvalue weighted by Gasteiger charge is 2.32. The molecule has 0 fully saturated rings. The van der Waals surface area contributed by atoms with E-state index in [1.807, 2.05) is 0 Å². The standard InChI is InChI=1S/C21H14F3N3O4/c22-21(23,24)15-4-2-1-3-12(15)11-26-20-27-16-6-5-13(10-18(16)31-20)30-14-7-8-25-17(9-14)19(28)29/h1-10H,11H2,(H,26,27)(H,28,29). The summed E-state index contributed by atoms with van der Waals surface area (Å²) in [7, 11) is 0. The Morgan fingerprint density at radius 1 is 1.10 bits per heavy atom. The molecule has 0 atom stereocenters. The van der Waals surface area contributed by atoms with Crippen molar-refractivity contribution in [2.75, 3.05) is 5.32 Å². The smallest absolute Gasteiger partial charge is 0.416 e. The fraction of sp³-hybridized carbons (Fsp3) is 0.0952. The van der Waals surface area contributed by atoms with Gasteiger partial charge in [-0.1, -0.05) is 18.2 Å². The summed E-state index contributed by atoms with van der Waals surface area (Å²) in [6.07, 6.45) is -3.15. The van der Waals surface area contributed by atoms with Gasteiger partial charge in [-0.3, -0.25) is 0 Å². The Hall–Kier alpha value is -4.08. The number of aromatic carboxylic acids is 1. The third kappa shape index (κ3) is 4.58. The molecule has 0 aliphatic carbocycles. The van der Waals surface area contributed by atoms with Gasteiger partial charge in [-0.25, -0.2) is 9.78 Å². The van der Waals surface area contributed by atoms with E-state index >= 15 is 0 Å². The zero-order valence-electron chi connectivity index (χ0n) is 15.7. The Labute approximate surface area is 173 Å². The molecule has 0 saturated heterocycles. The van der Waals surface area contributed by atoms with Crippen LogP contribution >= 0.6 is 0 Å². The number of pyridine rings is 1. The van der Waals surface area contributed by atoms with Crippen LogP contribution in [0.4, 0.5) is 19.2 Å². The van der Waals surface area contributed by atoms with Gasteiger partial charge in [-0.2, -0.15) is 18.2 Å². The first-order chi connectivity index (χ1) is 14.8. The van der Waals surface area contributed by atoms with Gasteiger partial charge in [-0.15, -0.1) is 0 Å². The maximum atomic E-state index is 13.1. The summed E-state index contributed by atoms with van der Waals surface area (Å²) in [4.78, 5) is 18.9. The number of carbonyl (C=O) groups is 1. The summed E-state index contributed by atoms with van der Waals surface area (Å²) in [5.41, 5.74) is -0.0130. The molecule has 0 bridgehead atoms. The zero-order chi connectivity index (χ0) is 22.0. The fourth-order valence-corrected chi connectivity index (χ4v) is 2.89. The second kappa shape index (κ2) is 7.98. The van der Waals surface area contributed by atoms with E-state index < -0.39 is 17.7 Å². The molecule has 0 spiro atoms. The Balaban J connectivity index is 1.51. The monoisotopic (exact) mass is 429 g/mol. The van der Waals surface area contributed by atoms with Gasteiger partial charge in [0.1, 0.15) is 17.0 Å². The molecule has 2 N–H and O–H groups in total. The predicted molar refractivity (Wildman–Crippen MR) is 104 cm³/mol. The number of carboxylic acids is 1.